The molecule has 2 aromatic rings. The third-order valence-corrected chi connectivity index (χ3v) is 3.77. The van der Waals surface area contributed by atoms with Crippen molar-refractivity contribution in [3.63, 3.8) is 0 Å². The number of nitrogens with two attached hydrogens (primary N) is 1. The van der Waals surface area contributed by atoms with Crippen LogP contribution in [0.15, 0.2) is 48.5 Å². The van der Waals surface area contributed by atoms with Crippen molar-refractivity contribution in [2.24, 2.45) is 0 Å². The van der Waals surface area contributed by atoms with Crippen LogP contribution in [0, 0.1) is 6.92 Å². The van der Waals surface area contributed by atoms with Gasteiger partial charge in [0.25, 0.3) is 5.91 Å². The Balaban J connectivity index is 1.81. The van der Waals surface area contributed by atoms with E-state index in [0.29, 0.717) is 17.9 Å². The second-order valence-corrected chi connectivity index (χ2v) is 5.91. The standard InChI is InChI=1S/C19H24N2O3/c1-14-10-16(8-9-18(14)20)19(23)21(2)11-17(22)13-24-12-15-6-4-3-5-7-15/h3-10,17,22H,11-13,20H2,1-2H3. The molecule has 0 saturated carbocycles. The van der Waals surface area contributed by atoms with Crippen LogP contribution < -0.4 is 5.73 Å². The molecule has 0 aliphatic carbocycles. The molecular formula is C19H24N2O3. The van der Waals surface area contributed by atoms with E-state index in [0.717, 1.165) is 11.1 Å². The second-order valence-electron chi connectivity index (χ2n) is 5.91. The van der Waals surface area contributed by atoms with Crippen molar-refractivity contribution < 1.29 is 14.6 Å². The van der Waals surface area contributed by atoms with Gasteiger partial charge in [-0.3, -0.25) is 4.79 Å². The monoisotopic (exact) mass is 328 g/mol. The third kappa shape index (κ3) is 5.08. The van der Waals surface area contributed by atoms with E-state index in [-0.39, 0.29) is 19.1 Å². The summed E-state index contributed by atoms with van der Waals surface area (Å²) in [6.45, 7) is 2.68. The highest BCUT2D eigenvalue weighted by atomic mass is 16.5. The number of nitrogen functional groups attached to an aromatic ring is 1. The lowest BCUT2D eigenvalue weighted by atomic mass is 10.1. The Hall–Kier alpha value is -2.37. The molecule has 128 valence electrons. The first kappa shape index (κ1) is 18.0. The summed E-state index contributed by atoms with van der Waals surface area (Å²) in [5.41, 5.74) is 8.89. The van der Waals surface area contributed by atoms with Gasteiger partial charge in [-0.05, 0) is 36.2 Å². The molecule has 2 aromatic carbocycles. The first-order valence-electron chi connectivity index (χ1n) is 7.88. The molecule has 1 unspecified atom stereocenters. The molecule has 5 heteroatoms. The summed E-state index contributed by atoms with van der Waals surface area (Å²) in [5.74, 6) is -0.153. The normalized spacial score (nSPS) is 12.0. The van der Waals surface area contributed by atoms with Crippen LogP contribution in [-0.2, 0) is 11.3 Å². The Bertz CT molecular complexity index is 674. The first-order chi connectivity index (χ1) is 11.5. The first-order valence-corrected chi connectivity index (χ1v) is 7.88. The van der Waals surface area contributed by atoms with E-state index in [1.54, 1.807) is 25.2 Å². The minimum Gasteiger partial charge on any atom is -0.399 e. The Morgan fingerprint density at radius 3 is 2.62 bits per heavy atom. The van der Waals surface area contributed by atoms with Gasteiger partial charge in [0.2, 0.25) is 0 Å². The zero-order valence-electron chi connectivity index (χ0n) is 14.1. The molecule has 5 nitrogen and oxygen atoms in total. The van der Waals surface area contributed by atoms with E-state index in [4.69, 9.17) is 10.5 Å². The lowest BCUT2D eigenvalue weighted by Gasteiger charge is -2.21. The van der Waals surface area contributed by atoms with Gasteiger partial charge < -0.3 is 20.5 Å². The van der Waals surface area contributed by atoms with E-state index >= 15 is 0 Å². The third-order valence-electron chi connectivity index (χ3n) is 3.77. The van der Waals surface area contributed by atoms with Crippen molar-refractivity contribution in [2.45, 2.75) is 19.6 Å². The second kappa shape index (κ2) is 8.47. The predicted octanol–water partition coefficient (Wildman–Crippen LogP) is 2.23. The van der Waals surface area contributed by atoms with Crippen LogP contribution in [0.5, 0.6) is 0 Å². The van der Waals surface area contributed by atoms with E-state index in [1.807, 2.05) is 37.3 Å². The number of rotatable bonds is 7. The minimum atomic E-state index is -0.738. The largest absolute Gasteiger partial charge is 0.399 e. The van der Waals surface area contributed by atoms with E-state index in [9.17, 15) is 9.90 Å². The number of amides is 1. The number of hydrogen-bond acceptors (Lipinski definition) is 4. The molecule has 0 radical (unpaired) electrons. The van der Waals surface area contributed by atoms with Crippen molar-refractivity contribution in [3.8, 4) is 0 Å². The SMILES string of the molecule is Cc1cc(C(=O)N(C)CC(O)COCc2ccccc2)ccc1N. The molecule has 1 amide bonds. The maximum Gasteiger partial charge on any atom is 0.253 e. The number of aliphatic hydroxyl groups is 1. The number of carbonyl (C=O) groups excluding carboxylic acids is 1. The van der Waals surface area contributed by atoms with Crippen molar-refractivity contribution in [1.29, 1.82) is 0 Å². The van der Waals surface area contributed by atoms with Gasteiger partial charge in [-0.25, -0.2) is 0 Å². The molecule has 3 N–H and O–H groups in total. The van der Waals surface area contributed by atoms with Crippen molar-refractivity contribution in [2.75, 3.05) is 25.9 Å². The molecule has 0 aromatic heterocycles. The molecule has 0 saturated heterocycles. The van der Waals surface area contributed by atoms with Crippen LogP contribution in [0.3, 0.4) is 0 Å². The van der Waals surface area contributed by atoms with Crippen LogP contribution >= 0.6 is 0 Å². The molecule has 24 heavy (non-hydrogen) atoms. The Morgan fingerprint density at radius 1 is 1.25 bits per heavy atom. The maximum absolute atomic E-state index is 12.4. The molecule has 0 bridgehead atoms. The van der Waals surface area contributed by atoms with Crippen LogP contribution in [0.2, 0.25) is 0 Å². The summed E-state index contributed by atoms with van der Waals surface area (Å²) in [5, 5.41) is 10.1. The lowest BCUT2D eigenvalue weighted by molar-refractivity contribution is 0.0137. The fraction of sp³-hybridized carbons (Fsp3) is 0.316. The van der Waals surface area contributed by atoms with E-state index in [1.165, 1.54) is 4.90 Å². The highest BCUT2D eigenvalue weighted by Gasteiger charge is 2.16. The van der Waals surface area contributed by atoms with Gasteiger partial charge in [-0.1, -0.05) is 30.3 Å². The minimum absolute atomic E-state index is 0.153. The average Bonchev–Trinajstić information content (AvgIpc) is 2.57. The summed E-state index contributed by atoms with van der Waals surface area (Å²) < 4.78 is 5.50. The zero-order chi connectivity index (χ0) is 17.5. The smallest absolute Gasteiger partial charge is 0.253 e. The summed E-state index contributed by atoms with van der Waals surface area (Å²) in [4.78, 5) is 13.9. The number of aliphatic hydroxyl groups excluding tert-OH is 1. The maximum atomic E-state index is 12.4. The molecule has 0 spiro atoms. The Morgan fingerprint density at radius 2 is 1.96 bits per heavy atom. The van der Waals surface area contributed by atoms with Gasteiger partial charge in [-0.2, -0.15) is 0 Å². The fourth-order valence-corrected chi connectivity index (χ4v) is 2.37. The number of anilines is 1. The van der Waals surface area contributed by atoms with Crippen molar-refractivity contribution in [1.82, 2.24) is 4.90 Å². The number of carbonyl (C=O) groups is 1. The average molecular weight is 328 g/mol. The topological polar surface area (TPSA) is 75.8 Å². The van der Waals surface area contributed by atoms with Crippen LogP contribution in [0.1, 0.15) is 21.5 Å². The fourth-order valence-electron chi connectivity index (χ4n) is 2.37. The number of likely N-dealkylation sites (N-methyl/N-ethyl adjacent to an activating group) is 1. The van der Waals surface area contributed by atoms with E-state index in [2.05, 4.69) is 0 Å². The van der Waals surface area contributed by atoms with Crippen LogP contribution in [0.25, 0.3) is 0 Å². The molecule has 1 atom stereocenters. The summed E-state index contributed by atoms with van der Waals surface area (Å²) in [6.07, 6.45) is -0.738. The van der Waals surface area contributed by atoms with Gasteiger partial charge in [0, 0.05) is 24.8 Å². The number of nitrogens with zero attached hydrogens (tertiary/aromatic N) is 1. The van der Waals surface area contributed by atoms with Crippen LogP contribution in [0.4, 0.5) is 5.69 Å². The van der Waals surface area contributed by atoms with Gasteiger partial charge in [0.05, 0.1) is 19.3 Å². The Labute approximate surface area is 142 Å². The van der Waals surface area contributed by atoms with Crippen molar-refractivity contribution in [3.05, 3.63) is 65.2 Å². The quantitative estimate of drug-likeness (QED) is 0.764. The molecule has 0 aliphatic rings. The molecule has 0 heterocycles. The van der Waals surface area contributed by atoms with E-state index < -0.39 is 6.10 Å². The number of ether oxygens (including phenoxy) is 1. The Kier molecular flexibility index (Phi) is 6.35. The number of aryl methyl sites for hydroxylation is 1. The van der Waals surface area contributed by atoms with Crippen LogP contribution in [-0.4, -0.2) is 42.2 Å². The highest BCUT2D eigenvalue weighted by Crippen LogP contribution is 2.14. The molecular weight excluding hydrogens is 304 g/mol. The zero-order valence-corrected chi connectivity index (χ0v) is 14.1. The highest BCUT2D eigenvalue weighted by molar-refractivity contribution is 5.94. The molecule has 0 aliphatic heterocycles. The summed E-state index contributed by atoms with van der Waals surface area (Å²) in [7, 11) is 1.66. The predicted molar refractivity (Wildman–Crippen MR) is 94.7 cm³/mol. The van der Waals surface area contributed by atoms with Gasteiger partial charge >= 0.3 is 0 Å². The van der Waals surface area contributed by atoms with Gasteiger partial charge in [0.15, 0.2) is 0 Å². The molecule has 2 rings (SSSR count). The summed E-state index contributed by atoms with van der Waals surface area (Å²) in [6, 6.07) is 14.9. The molecule has 0 fully saturated rings. The summed E-state index contributed by atoms with van der Waals surface area (Å²) >= 11 is 0. The van der Waals surface area contributed by atoms with Gasteiger partial charge in [0.1, 0.15) is 0 Å². The van der Waals surface area contributed by atoms with Gasteiger partial charge in [-0.15, -0.1) is 0 Å². The number of hydrogen-bond donors (Lipinski definition) is 2. The van der Waals surface area contributed by atoms with Crippen molar-refractivity contribution >= 4 is 11.6 Å². The number of benzene rings is 2. The lowest BCUT2D eigenvalue weighted by Crippen LogP contribution is -2.36.